The van der Waals surface area contributed by atoms with E-state index in [1.165, 1.54) is 18.3 Å². The summed E-state index contributed by atoms with van der Waals surface area (Å²) in [5, 5.41) is 10.9. The van der Waals surface area contributed by atoms with E-state index in [2.05, 4.69) is 4.98 Å². The first-order valence-corrected chi connectivity index (χ1v) is 8.95. The van der Waals surface area contributed by atoms with Gasteiger partial charge in [0.15, 0.2) is 0 Å². The van der Waals surface area contributed by atoms with E-state index in [-0.39, 0.29) is 17.9 Å². The quantitative estimate of drug-likeness (QED) is 0.408. The lowest BCUT2D eigenvalue weighted by Crippen LogP contribution is -2.29. The van der Waals surface area contributed by atoms with E-state index in [4.69, 9.17) is 9.15 Å². The number of ketones is 1. The van der Waals surface area contributed by atoms with Crippen LogP contribution in [0.1, 0.15) is 22.9 Å². The summed E-state index contributed by atoms with van der Waals surface area (Å²) in [6.45, 7) is 0.0938. The van der Waals surface area contributed by atoms with Gasteiger partial charge in [-0.15, -0.1) is 0 Å². The van der Waals surface area contributed by atoms with Crippen molar-refractivity contribution in [1.29, 1.82) is 0 Å². The molecule has 1 aliphatic heterocycles. The lowest BCUT2D eigenvalue weighted by molar-refractivity contribution is -0.140. The van der Waals surface area contributed by atoms with Crippen molar-refractivity contribution in [2.75, 3.05) is 7.11 Å². The molecule has 3 heterocycles. The van der Waals surface area contributed by atoms with Crippen LogP contribution >= 0.6 is 0 Å². The normalized spacial score (nSPS) is 18.2. The summed E-state index contributed by atoms with van der Waals surface area (Å²) in [5.74, 6) is -0.556. The molecule has 1 fully saturated rings. The molecule has 0 unspecified atom stereocenters. The average Bonchev–Trinajstić information content (AvgIpc) is 3.36. The second kappa shape index (κ2) is 7.63. The van der Waals surface area contributed by atoms with Crippen molar-refractivity contribution in [3.63, 3.8) is 0 Å². The van der Waals surface area contributed by atoms with Crippen molar-refractivity contribution in [2.24, 2.45) is 0 Å². The van der Waals surface area contributed by atoms with Gasteiger partial charge in [-0.3, -0.25) is 14.6 Å². The van der Waals surface area contributed by atoms with Crippen molar-refractivity contribution < 1.29 is 23.8 Å². The number of aromatic nitrogens is 1. The summed E-state index contributed by atoms with van der Waals surface area (Å²) in [6, 6.07) is 12.8. The molecule has 2 aromatic heterocycles. The van der Waals surface area contributed by atoms with Gasteiger partial charge in [0.25, 0.3) is 11.7 Å². The van der Waals surface area contributed by atoms with E-state index in [1.807, 2.05) is 0 Å². The number of methoxy groups -OCH3 is 1. The highest BCUT2D eigenvalue weighted by atomic mass is 16.5. The van der Waals surface area contributed by atoms with Gasteiger partial charge in [-0.2, -0.15) is 0 Å². The monoisotopic (exact) mass is 390 g/mol. The van der Waals surface area contributed by atoms with Gasteiger partial charge in [0.1, 0.15) is 17.3 Å². The molecule has 4 rings (SSSR count). The van der Waals surface area contributed by atoms with Crippen molar-refractivity contribution in [3.8, 4) is 5.75 Å². The molecule has 7 heteroatoms. The smallest absolute Gasteiger partial charge is 0.296 e. The maximum atomic E-state index is 12.9. The molecule has 1 aromatic carbocycles. The summed E-state index contributed by atoms with van der Waals surface area (Å²) in [5.41, 5.74) is 1.05. The minimum atomic E-state index is -0.782. The van der Waals surface area contributed by atoms with Crippen LogP contribution in [0.15, 0.2) is 77.2 Å². The van der Waals surface area contributed by atoms with Crippen LogP contribution in [0, 0.1) is 0 Å². The Morgan fingerprint density at radius 1 is 1.17 bits per heavy atom. The van der Waals surface area contributed by atoms with Crippen LogP contribution in [0.2, 0.25) is 0 Å². The summed E-state index contributed by atoms with van der Waals surface area (Å²) < 4.78 is 10.5. The van der Waals surface area contributed by atoms with Gasteiger partial charge in [0.2, 0.25) is 0 Å². The Morgan fingerprint density at radius 2 is 1.97 bits per heavy atom. The lowest BCUT2D eigenvalue weighted by Gasteiger charge is -2.24. The highest BCUT2D eigenvalue weighted by Gasteiger charge is 2.46. The second-order valence-electron chi connectivity index (χ2n) is 6.52. The van der Waals surface area contributed by atoms with Gasteiger partial charge in [0, 0.05) is 18.0 Å². The van der Waals surface area contributed by atoms with Gasteiger partial charge in [0.05, 0.1) is 31.5 Å². The maximum Gasteiger partial charge on any atom is 0.296 e. The zero-order valence-corrected chi connectivity index (χ0v) is 15.6. The number of likely N-dealkylation sites (tertiary alicyclic amines) is 1. The molecule has 0 spiro atoms. The number of carbonyl (C=O) groups is 2. The zero-order chi connectivity index (χ0) is 20.4. The molecule has 1 N–H and O–H groups in total. The average molecular weight is 390 g/mol. The Balaban J connectivity index is 1.83. The third kappa shape index (κ3) is 3.38. The van der Waals surface area contributed by atoms with Gasteiger partial charge in [-0.25, -0.2) is 0 Å². The Labute approximate surface area is 166 Å². The summed E-state index contributed by atoms with van der Waals surface area (Å²) in [7, 11) is 1.54. The summed E-state index contributed by atoms with van der Waals surface area (Å²) >= 11 is 0. The Bertz CT molecular complexity index is 1060. The number of pyridine rings is 1. The maximum absolute atomic E-state index is 12.9. The first kappa shape index (κ1) is 18.5. The van der Waals surface area contributed by atoms with Crippen molar-refractivity contribution in [2.45, 2.75) is 12.6 Å². The van der Waals surface area contributed by atoms with E-state index in [1.54, 1.807) is 60.9 Å². The molecule has 1 atom stereocenters. The van der Waals surface area contributed by atoms with Crippen LogP contribution in [-0.4, -0.2) is 33.8 Å². The number of hydrogen-bond donors (Lipinski definition) is 1. The minimum Gasteiger partial charge on any atom is -0.507 e. The van der Waals surface area contributed by atoms with Gasteiger partial charge < -0.3 is 19.2 Å². The fourth-order valence-electron chi connectivity index (χ4n) is 3.40. The number of benzene rings is 1. The van der Waals surface area contributed by atoms with E-state index in [9.17, 15) is 14.7 Å². The number of carbonyl (C=O) groups excluding carboxylic acids is 2. The number of amides is 1. The number of Topliss-reactive ketones (excluding diaryl/α,β-unsaturated/α-hetero) is 1. The predicted molar refractivity (Wildman–Crippen MR) is 104 cm³/mol. The van der Waals surface area contributed by atoms with Crippen LogP contribution < -0.4 is 4.74 Å². The summed E-state index contributed by atoms with van der Waals surface area (Å²) in [6.07, 6.45) is 4.68. The Kier molecular flexibility index (Phi) is 4.87. The number of furan rings is 1. The molecule has 0 aliphatic carbocycles. The van der Waals surface area contributed by atoms with Crippen molar-refractivity contribution in [1.82, 2.24) is 9.88 Å². The van der Waals surface area contributed by atoms with E-state index in [0.717, 1.165) is 0 Å². The van der Waals surface area contributed by atoms with Crippen LogP contribution in [0.3, 0.4) is 0 Å². The zero-order valence-electron chi connectivity index (χ0n) is 15.6. The Morgan fingerprint density at radius 3 is 2.59 bits per heavy atom. The van der Waals surface area contributed by atoms with E-state index in [0.29, 0.717) is 22.6 Å². The van der Waals surface area contributed by atoms with Gasteiger partial charge in [-0.05, 0) is 48.0 Å². The van der Waals surface area contributed by atoms with Crippen molar-refractivity contribution in [3.05, 3.63) is 89.6 Å². The number of aliphatic hydroxyl groups is 1. The molecular weight excluding hydrogens is 372 g/mol. The molecule has 1 saturated heterocycles. The Hall–Kier alpha value is -3.87. The fourth-order valence-corrected chi connectivity index (χ4v) is 3.40. The largest absolute Gasteiger partial charge is 0.507 e. The standard InChI is InChI=1S/C22H18N2O5/c1-28-16-8-6-14(7-9-16)20(25)18-19(15-4-2-10-23-12-15)24(22(27)21(18)26)13-17-5-3-11-29-17/h2-12,19,25H,13H2,1H3/b20-18+/t19-/m1/s1. The minimum absolute atomic E-state index is 0.0136. The predicted octanol–water partition coefficient (Wildman–Crippen LogP) is 3.31. The molecule has 0 radical (unpaired) electrons. The lowest BCUT2D eigenvalue weighted by atomic mass is 9.96. The van der Waals surface area contributed by atoms with Crippen molar-refractivity contribution >= 4 is 17.4 Å². The molecular formula is C22H18N2O5. The number of nitrogens with zero attached hydrogens (tertiary/aromatic N) is 2. The SMILES string of the molecule is COc1ccc(/C(O)=C2\C(=O)C(=O)N(Cc3ccco3)[C@@H]2c2cccnc2)cc1. The number of rotatable bonds is 5. The third-order valence-corrected chi connectivity index (χ3v) is 4.81. The first-order chi connectivity index (χ1) is 14.1. The topological polar surface area (TPSA) is 92.9 Å². The molecule has 1 amide bonds. The molecule has 7 nitrogen and oxygen atoms in total. The first-order valence-electron chi connectivity index (χ1n) is 8.95. The van der Waals surface area contributed by atoms with Crippen LogP contribution in [0.5, 0.6) is 5.75 Å². The van der Waals surface area contributed by atoms with Gasteiger partial charge >= 0.3 is 0 Å². The molecule has 0 bridgehead atoms. The van der Waals surface area contributed by atoms with Gasteiger partial charge in [-0.1, -0.05) is 6.07 Å². The highest BCUT2D eigenvalue weighted by molar-refractivity contribution is 6.46. The molecule has 29 heavy (non-hydrogen) atoms. The molecule has 3 aromatic rings. The molecule has 0 saturated carbocycles. The molecule has 1 aliphatic rings. The van der Waals surface area contributed by atoms with Crippen LogP contribution in [0.4, 0.5) is 0 Å². The number of ether oxygens (including phenoxy) is 1. The third-order valence-electron chi connectivity index (χ3n) is 4.81. The van der Waals surface area contributed by atoms with E-state index >= 15 is 0 Å². The van der Waals surface area contributed by atoms with Crippen LogP contribution in [0.25, 0.3) is 5.76 Å². The second-order valence-corrected chi connectivity index (χ2v) is 6.52. The van der Waals surface area contributed by atoms with E-state index < -0.39 is 17.7 Å². The fraction of sp³-hybridized carbons (Fsp3) is 0.136. The summed E-state index contributed by atoms with van der Waals surface area (Å²) in [4.78, 5) is 31.2. The number of aliphatic hydroxyl groups excluding tert-OH is 1. The number of hydrogen-bond acceptors (Lipinski definition) is 6. The molecule has 146 valence electrons. The van der Waals surface area contributed by atoms with Crippen LogP contribution in [-0.2, 0) is 16.1 Å². The highest BCUT2D eigenvalue weighted by Crippen LogP contribution is 2.40.